The first-order chi connectivity index (χ1) is 10.3. The summed E-state index contributed by atoms with van der Waals surface area (Å²) in [5.74, 6) is -0.388. The second-order valence-electron chi connectivity index (χ2n) is 6.21. The highest BCUT2D eigenvalue weighted by atomic mass is 16.8. The fraction of sp³-hybridized carbons (Fsp3) is 0.875. The predicted octanol–water partition coefficient (Wildman–Crippen LogP) is 2.40. The molecule has 5 nitrogen and oxygen atoms in total. The summed E-state index contributed by atoms with van der Waals surface area (Å²) in [6.07, 6.45) is 8.53. The highest BCUT2D eigenvalue weighted by Crippen LogP contribution is 2.44. The molecule has 1 spiro atoms. The summed E-state index contributed by atoms with van der Waals surface area (Å²) in [5.41, 5.74) is 1.22. The Morgan fingerprint density at radius 3 is 2.67 bits per heavy atom. The molecule has 0 unspecified atom stereocenters. The maximum absolute atomic E-state index is 6.34. The van der Waals surface area contributed by atoms with Crippen LogP contribution in [-0.2, 0) is 23.7 Å². The molecule has 3 atom stereocenters. The van der Waals surface area contributed by atoms with Gasteiger partial charge in [-0.2, -0.15) is 0 Å². The molecule has 5 heteroatoms. The van der Waals surface area contributed by atoms with Crippen LogP contribution in [0.3, 0.4) is 0 Å². The zero-order valence-electron chi connectivity index (χ0n) is 13.0. The van der Waals surface area contributed by atoms with E-state index in [0.29, 0.717) is 6.61 Å². The molecule has 0 aromatic rings. The van der Waals surface area contributed by atoms with Crippen molar-refractivity contribution in [2.75, 3.05) is 27.6 Å². The molecule has 1 saturated heterocycles. The standard InChI is InChI=1S/C16H26O5/c1-17-10-12-8-13(19-11-18-2)15-14(9-12)20-16(21-15)6-4-3-5-7-16/h9,13-15H,3-8,10-11H2,1-2H3/t13-,14+,15-/m1/s1. The smallest absolute Gasteiger partial charge is 0.169 e. The normalized spacial score (nSPS) is 34.8. The van der Waals surface area contributed by atoms with E-state index in [-0.39, 0.29) is 30.9 Å². The van der Waals surface area contributed by atoms with Crippen LogP contribution in [0.25, 0.3) is 0 Å². The van der Waals surface area contributed by atoms with Crippen LogP contribution in [0.5, 0.6) is 0 Å². The van der Waals surface area contributed by atoms with Crippen molar-refractivity contribution in [2.24, 2.45) is 0 Å². The van der Waals surface area contributed by atoms with Crippen molar-refractivity contribution in [3.05, 3.63) is 11.6 Å². The van der Waals surface area contributed by atoms with Gasteiger partial charge < -0.3 is 23.7 Å². The zero-order chi connectivity index (χ0) is 14.7. The van der Waals surface area contributed by atoms with Gasteiger partial charge in [-0.3, -0.25) is 0 Å². The molecule has 0 radical (unpaired) electrons. The van der Waals surface area contributed by atoms with E-state index in [4.69, 9.17) is 23.7 Å². The summed E-state index contributed by atoms with van der Waals surface area (Å²) in [6, 6.07) is 0. The van der Waals surface area contributed by atoms with Gasteiger partial charge >= 0.3 is 0 Å². The summed E-state index contributed by atoms with van der Waals surface area (Å²) in [4.78, 5) is 0. The first-order valence-corrected chi connectivity index (χ1v) is 7.91. The van der Waals surface area contributed by atoms with Crippen LogP contribution in [0.1, 0.15) is 38.5 Å². The molecule has 21 heavy (non-hydrogen) atoms. The predicted molar refractivity (Wildman–Crippen MR) is 76.9 cm³/mol. The third-order valence-electron chi connectivity index (χ3n) is 4.60. The van der Waals surface area contributed by atoms with E-state index < -0.39 is 0 Å². The van der Waals surface area contributed by atoms with Crippen molar-refractivity contribution in [1.82, 2.24) is 0 Å². The Labute approximate surface area is 126 Å². The lowest BCUT2D eigenvalue weighted by molar-refractivity contribution is -0.205. The molecule has 0 N–H and O–H groups in total. The highest BCUT2D eigenvalue weighted by Gasteiger charge is 2.51. The second-order valence-corrected chi connectivity index (χ2v) is 6.21. The summed E-state index contributed by atoms with van der Waals surface area (Å²) in [5, 5.41) is 0. The topological polar surface area (TPSA) is 46.2 Å². The Morgan fingerprint density at radius 2 is 1.95 bits per heavy atom. The summed E-state index contributed by atoms with van der Waals surface area (Å²) in [7, 11) is 3.35. The van der Waals surface area contributed by atoms with Crippen LogP contribution in [0.4, 0.5) is 0 Å². The molecule has 0 aromatic heterocycles. The number of fused-ring (bicyclic) bond motifs is 1. The van der Waals surface area contributed by atoms with Gasteiger partial charge in [0.2, 0.25) is 0 Å². The summed E-state index contributed by atoms with van der Waals surface area (Å²) in [6.45, 7) is 0.900. The van der Waals surface area contributed by atoms with E-state index in [0.717, 1.165) is 19.3 Å². The molecule has 120 valence electrons. The van der Waals surface area contributed by atoms with Crippen molar-refractivity contribution >= 4 is 0 Å². The van der Waals surface area contributed by atoms with Crippen LogP contribution in [-0.4, -0.2) is 51.7 Å². The lowest BCUT2D eigenvalue weighted by Crippen LogP contribution is -2.41. The number of methoxy groups -OCH3 is 2. The van der Waals surface area contributed by atoms with E-state index >= 15 is 0 Å². The third kappa shape index (κ3) is 3.32. The van der Waals surface area contributed by atoms with Crippen molar-refractivity contribution in [2.45, 2.75) is 62.6 Å². The molecule has 2 fully saturated rings. The number of rotatable bonds is 5. The van der Waals surface area contributed by atoms with Gasteiger partial charge in [0.15, 0.2) is 5.79 Å². The molecule has 0 bridgehead atoms. The molecule has 3 rings (SSSR count). The van der Waals surface area contributed by atoms with E-state index in [1.165, 1.54) is 24.8 Å². The maximum Gasteiger partial charge on any atom is 0.169 e. The molecule has 3 aliphatic rings. The Balaban J connectivity index is 1.74. The third-order valence-corrected chi connectivity index (χ3v) is 4.60. The molecule has 2 aliphatic carbocycles. The van der Waals surface area contributed by atoms with Gasteiger partial charge in [0.05, 0.1) is 12.7 Å². The second kappa shape index (κ2) is 6.75. The van der Waals surface area contributed by atoms with E-state index in [2.05, 4.69) is 6.08 Å². The Kier molecular flexibility index (Phi) is 4.96. The van der Waals surface area contributed by atoms with E-state index in [1.807, 2.05) is 0 Å². The first-order valence-electron chi connectivity index (χ1n) is 7.91. The molecule has 1 saturated carbocycles. The van der Waals surface area contributed by atoms with E-state index in [1.54, 1.807) is 14.2 Å². The SMILES string of the molecule is COCO[C@@H]1CC(COC)=C[C@@H]2OC3(CCCCC3)O[C@@H]21. The van der Waals surface area contributed by atoms with Crippen LogP contribution in [0.2, 0.25) is 0 Å². The lowest BCUT2D eigenvalue weighted by atomic mass is 9.92. The molecule has 0 aromatic carbocycles. The molecular weight excluding hydrogens is 272 g/mol. The average Bonchev–Trinajstić information content (AvgIpc) is 2.83. The minimum atomic E-state index is -0.388. The van der Waals surface area contributed by atoms with Crippen LogP contribution in [0, 0.1) is 0 Å². The molecular formula is C16H26O5. The van der Waals surface area contributed by atoms with Gasteiger partial charge in [-0.15, -0.1) is 0 Å². The molecule has 1 heterocycles. The summed E-state index contributed by atoms with van der Waals surface area (Å²) >= 11 is 0. The van der Waals surface area contributed by atoms with Crippen LogP contribution < -0.4 is 0 Å². The molecule has 1 aliphatic heterocycles. The lowest BCUT2D eigenvalue weighted by Gasteiger charge is -2.33. The quantitative estimate of drug-likeness (QED) is 0.576. The van der Waals surface area contributed by atoms with Crippen LogP contribution >= 0.6 is 0 Å². The monoisotopic (exact) mass is 298 g/mol. The zero-order valence-corrected chi connectivity index (χ0v) is 13.0. The highest BCUT2D eigenvalue weighted by molar-refractivity contribution is 5.17. The van der Waals surface area contributed by atoms with Gasteiger partial charge in [0, 0.05) is 27.1 Å². The van der Waals surface area contributed by atoms with Gasteiger partial charge in [0.25, 0.3) is 0 Å². The number of ether oxygens (including phenoxy) is 5. The Hall–Kier alpha value is -0.460. The fourth-order valence-corrected chi connectivity index (χ4v) is 3.68. The van der Waals surface area contributed by atoms with Crippen molar-refractivity contribution in [3.8, 4) is 0 Å². The largest absolute Gasteiger partial charge is 0.380 e. The Morgan fingerprint density at radius 1 is 1.14 bits per heavy atom. The van der Waals surface area contributed by atoms with Gasteiger partial charge in [0.1, 0.15) is 19.0 Å². The van der Waals surface area contributed by atoms with Crippen LogP contribution in [0.15, 0.2) is 11.6 Å². The number of hydrogen-bond acceptors (Lipinski definition) is 5. The minimum Gasteiger partial charge on any atom is -0.380 e. The summed E-state index contributed by atoms with van der Waals surface area (Å²) < 4.78 is 28.8. The van der Waals surface area contributed by atoms with Crippen molar-refractivity contribution in [3.63, 3.8) is 0 Å². The maximum atomic E-state index is 6.34. The van der Waals surface area contributed by atoms with Gasteiger partial charge in [-0.05, 0) is 24.8 Å². The fourth-order valence-electron chi connectivity index (χ4n) is 3.68. The minimum absolute atomic E-state index is 0.0219. The Bertz CT molecular complexity index is 375. The van der Waals surface area contributed by atoms with Gasteiger partial charge in [-0.1, -0.05) is 12.5 Å². The average molecular weight is 298 g/mol. The molecule has 0 amide bonds. The number of hydrogen-bond donors (Lipinski definition) is 0. The van der Waals surface area contributed by atoms with Crippen molar-refractivity contribution < 1.29 is 23.7 Å². The van der Waals surface area contributed by atoms with Crippen molar-refractivity contribution in [1.29, 1.82) is 0 Å². The van der Waals surface area contributed by atoms with Gasteiger partial charge in [-0.25, -0.2) is 0 Å². The van der Waals surface area contributed by atoms with E-state index in [9.17, 15) is 0 Å². The first kappa shape index (κ1) is 15.4.